The van der Waals surface area contributed by atoms with Crippen LogP contribution < -0.4 is 10.0 Å². The molecule has 0 aliphatic heterocycles. The van der Waals surface area contributed by atoms with Crippen molar-refractivity contribution in [2.24, 2.45) is 0 Å². The smallest absolute Gasteiger partial charge is 0.263 e. The second kappa shape index (κ2) is 7.11. The van der Waals surface area contributed by atoms with Gasteiger partial charge >= 0.3 is 0 Å². The van der Waals surface area contributed by atoms with Crippen LogP contribution in [-0.2, 0) is 10.0 Å². The van der Waals surface area contributed by atoms with Crippen LogP contribution in [0, 0.1) is 0 Å². The van der Waals surface area contributed by atoms with Gasteiger partial charge in [0.1, 0.15) is 5.82 Å². The number of anilines is 2. The van der Waals surface area contributed by atoms with E-state index in [-0.39, 0.29) is 10.7 Å². The molecule has 0 bridgehead atoms. The number of sulfonamides is 1. The van der Waals surface area contributed by atoms with Crippen molar-refractivity contribution in [1.29, 1.82) is 0 Å². The van der Waals surface area contributed by atoms with E-state index in [1.807, 2.05) is 0 Å². The van der Waals surface area contributed by atoms with Crippen LogP contribution in [0.1, 0.15) is 20.3 Å². The van der Waals surface area contributed by atoms with Gasteiger partial charge in [-0.25, -0.2) is 13.4 Å². The van der Waals surface area contributed by atoms with Gasteiger partial charge in [-0.1, -0.05) is 22.9 Å². The van der Waals surface area contributed by atoms with Crippen LogP contribution in [0.4, 0.5) is 11.5 Å². The summed E-state index contributed by atoms with van der Waals surface area (Å²) in [6.07, 6.45) is 2.61. The van der Waals surface area contributed by atoms with Crippen molar-refractivity contribution >= 4 is 37.5 Å². The van der Waals surface area contributed by atoms with Crippen molar-refractivity contribution < 1.29 is 8.42 Å². The summed E-state index contributed by atoms with van der Waals surface area (Å²) in [4.78, 5) is 4.33. The molecule has 7 heteroatoms. The Morgan fingerprint density at radius 1 is 1.18 bits per heavy atom. The largest absolute Gasteiger partial charge is 0.381 e. The lowest BCUT2D eigenvalue weighted by molar-refractivity contribution is 0.601. The minimum Gasteiger partial charge on any atom is -0.381 e. The first-order valence-electron chi connectivity index (χ1n) is 6.91. The van der Waals surface area contributed by atoms with Crippen LogP contribution in [0.2, 0.25) is 0 Å². The summed E-state index contributed by atoms with van der Waals surface area (Å²) in [5.74, 6) is 0.289. The van der Waals surface area contributed by atoms with E-state index in [1.165, 1.54) is 12.1 Å². The quantitative estimate of drug-likeness (QED) is 0.794. The Labute approximate surface area is 139 Å². The van der Waals surface area contributed by atoms with Crippen molar-refractivity contribution in [3.8, 4) is 0 Å². The normalized spacial score (nSPS) is 12.7. The zero-order chi connectivity index (χ0) is 16.2. The standard InChI is InChI=1S/C15H18BrN3O2S/c1-3-11(2)18-13-6-9-15(17-10-13)19-22(20,21)14-7-4-12(16)5-8-14/h4-11,18H,3H2,1-2H3,(H,17,19). The van der Waals surface area contributed by atoms with E-state index in [4.69, 9.17) is 0 Å². The Kier molecular flexibility index (Phi) is 5.42. The van der Waals surface area contributed by atoms with Crippen molar-refractivity contribution in [2.75, 3.05) is 10.0 Å². The monoisotopic (exact) mass is 383 g/mol. The number of hydrogen-bond acceptors (Lipinski definition) is 4. The summed E-state index contributed by atoms with van der Waals surface area (Å²) in [5.41, 5.74) is 0.862. The summed E-state index contributed by atoms with van der Waals surface area (Å²) in [6, 6.07) is 10.2. The number of aromatic nitrogens is 1. The number of rotatable bonds is 6. The van der Waals surface area contributed by atoms with Gasteiger partial charge in [-0.2, -0.15) is 0 Å². The SMILES string of the molecule is CCC(C)Nc1ccc(NS(=O)(=O)c2ccc(Br)cc2)nc1. The van der Waals surface area contributed by atoms with Crippen molar-refractivity contribution in [3.05, 3.63) is 47.1 Å². The first-order chi connectivity index (χ1) is 10.4. The molecule has 1 aromatic heterocycles. The lowest BCUT2D eigenvalue weighted by Crippen LogP contribution is -2.15. The highest BCUT2D eigenvalue weighted by molar-refractivity contribution is 9.10. The molecule has 0 fully saturated rings. The Hall–Kier alpha value is -1.60. The van der Waals surface area contributed by atoms with Gasteiger partial charge in [0.25, 0.3) is 10.0 Å². The van der Waals surface area contributed by atoms with E-state index >= 15 is 0 Å². The second-order valence-electron chi connectivity index (χ2n) is 4.95. The average Bonchev–Trinajstić information content (AvgIpc) is 2.49. The summed E-state index contributed by atoms with van der Waals surface area (Å²) < 4.78 is 27.8. The van der Waals surface area contributed by atoms with E-state index in [2.05, 4.69) is 44.8 Å². The highest BCUT2D eigenvalue weighted by Gasteiger charge is 2.14. The van der Waals surface area contributed by atoms with Gasteiger partial charge in [-0.3, -0.25) is 4.72 Å². The van der Waals surface area contributed by atoms with Crippen LogP contribution in [-0.4, -0.2) is 19.4 Å². The first-order valence-corrected chi connectivity index (χ1v) is 9.19. The Bertz CT molecular complexity index is 715. The second-order valence-corrected chi connectivity index (χ2v) is 7.54. The highest BCUT2D eigenvalue weighted by atomic mass is 79.9. The molecular weight excluding hydrogens is 366 g/mol. The molecule has 1 atom stereocenters. The molecule has 5 nitrogen and oxygen atoms in total. The lowest BCUT2D eigenvalue weighted by atomic mass is 10.2. The number of nitrogens with one attached hydrogen (secondary N) is 2. The van der Waals surface area contributed by atoms with Crippen LogP contribution in [0.15, 0.2) is 52.0 Å². The molecule has 2 aromatic rings. The Balaban J connectivity index is 2.11. The molecule has 118 valence electrons. The van der Waals surface area contributed by atoms with Crippen LogP contribution in [0.3, 0.4) is 0 Å². The summed E-state index contributed by atoms with van der Waals surface area (Å²) >= 11 is 3.28. The number of pyridine rings is 1. The third kappa shape index (κ3) is 4.45. The van der Waals surface area contributed by atoms with Crippen molar-refractivity contribution in [1.82, 2.24) is 4.98 Å². The minimum absolute atomic E-state index is 0.194. The molecule has 0 aliphatic rings. The molecular formula is C15H18BrN3O2S. The third-order valence-corrected chi connectivity index (χ3v) is 5.05. The van der Waals surface area contributed by atoms with Gasteiger partial charge in [-0.15, -0.1) is 0 Å². The van der Waals surface area contributed by atoms with Gasteiger partial charge in [0.2, 0.25) is 0 Å². The maximum atomic E-state index is 12.2. The predicted molar refractivity (Wildman–Crippen MR) is 92.6 cm³/mol. The van der Waals surface area contributed by atoms with E-state index in [0.717, 1.165) is 16.6 Å². The molecule has 2 N–H and O–H groups in total. The molecule has 0 radical (unpaired) electrons. The molecule has 22 heavy (non-hydrogen) atoms. The van der Waals surface area contributed by atoms with Gasteiger partial charge in [0, 0.05) is 10.5 Å². The fourth-order valence-corrected chi connectivity index (χ4v) is 3.01. The number of hydrogen-bond donors (Lipinski definition) is 2. The molecule has 0 saturated carbocycles. The molecule has 0 amide bonds. The van der Waals surface area contributed by atoms with E-state index in [1.54, 1.807) is 30.5 Å². The maximum absolute atomic E-state index is 12.2. The minimum atomic E-state index is -3.62. The number of halogens is 1. The Morgan fingerprint density at radius 3 is 2.41 bits per heavy atom. The fraction of sp³-hybridized carbons (Fsp3) is 0.267. The molecule has 1 aromatic carbocycles. The van der Waals surface area contributed by atoms with E-state index in [0.29, 0.717) is 6.04 Å². The average molecular weight is 384 g/mol. The van der Waals surface area contributed by atoms with Crippen LogP contribution >= 0.6 is 15.9 Å². The lowest BCUT2D eigenvalue weighted by Gasteiger charge is -2.13. The van der Waals surface area contributed by atoms with Crippen molar-refractivity contribution in [3.63, 3.8) is 0 Å². The van der Waals surface area contributed by atoms with Gasteiger partial charge in [-0.05, 0) is 49.7 Å². The number of benzene rings is 1. The molecule has 0 aliphatic carbocycles. The first kappa shape index (κ1) is 16.8. The zero-order valence-corrected chi connectivity index (χ0v) is 14.8. The summed E-state index contributed by atoms with van der Waals surface area (Å²) in [7, 11) is -3.62. The van der Waals surface area contributed by atoms with Gasteiger partial charge < -0.3 is 5.32 Å². The molecule has 0 saturated heterocycles. The van der Waals surface area contributed by atoms with Crippen LogP contribution in [0.5, 0.6) is 0 Å². The summed E-state index contributed by atoms with van der Waals surface area (Å²) in [5, 5.41) is 3.27. The van der Waals surface area contributed by atoms with E-state index in [9.17, 15) is 8.42 Å². The molecule has 0 spiro atoms. The molecule has 1 unspecified atom stereocenters. The molecule has 2 rings (SSSR count). The maximum Gasteiger partial charge on any atom is 0.263 e. The summed E-state index contributed by atoms with van der Waals surface area (Å²) in [6.45, 7) is 4.16. The number of nitrogens with zero attached hydrogens (tertiary/aromatic N) is 1. The van der Waals surface area contributed by atoms with Crippen molar-refractivity contribution in [2.45, 2.75) is 31.2 Å². The van der Waals surface area contributed by atoms with E-state index < -0.39 is 10.0 Å². The third-order valence-electron chi connectivity index (χ3n) is 3.15. The fourth-order valence-electron chi connectivity index (χ4n) is 1.74. The predicted octanol–water partition coefficient (Wildman–Crippen LogP) is 3.86. The topological polar surface area (TPSA) is 71.1 Å². The highest BCUT2D eigenvalue weighted by Crippen LogP contribution is 2.18. The Morgan fingerprint density at radius 2 is 1.86 bits per heavy atom. The van der Waals surface area contributed by atoms with Gasteiger partial charge in [0.15, 0.2) is 0 Å². The zero-order valence-electron chi connectivity index (χ0n) is 12.4. The molecule has 1 heterocycles. The van der Waals surface area contributed by atoms with Crippen LogP contribution in [0.25, 0.3) is 0 Å². The van der Waals surface area contributed by atoms with Gasteiger partial charge in [0.05, 0.1) is 16.8 Å².